The van der Waals surface area contributed by atoms with E-state index in [2.05, 4.69) is 16.4 Å². The van der Waals surface area contributed by atoms with Crippen LogP contribution in [-0.4, -0.2) is 6.03 Å². The lowest BCUT2D eigenvalue weighted by molar-refractivity contribution is 0.247. The Morgan fingerprint density at radius 2 is 1.92 bits per heavy atom. The summed E-state index contributed by atoms with van der Waals surface area (Å²) in [5.41, 5.74) is 8.31. The zero-order chi connectivity index (χ0) is 9.26. The number of carbonyl (C=O) groups is 1. The fraction of sp³-hybridized carbons (Fsp3) is 0. The van der Waals surface area contributed by atoms with Gasteiger partial charge in [0.2, 0.25) is 0 Å². The third-order valence-corrected chi connectivity index (χ3v) is 1.83. The number of nitrogens with zero attached hydrogens (tertiary/aromatic N) is 1. The average Bonchev–Trinajstić information content (AvgIpc) is 2.53. The normalized spacial score (nSPS) is 15.5. The molecule has 0 bridgehead atoms. The van der Waals surface area contributed by atoms with Crippen molar-refractivity contribution in [2.75, 3.05) is 5.12 Å². The van der Waals surface area contributed by atoms with Crippen molar-refractivity contribution in [2.45, 2.75) is 0 Å². The minimum atomic E-state index is -0.296. The number of benzene rings is 1. The largest absolute Gasteiger partial charge is 0.350 e. The van der Waals surface area contributed by atoms with Crippen molar-refractivity contribution in [1.29, 1.82) is 0 Å². The smallest absolute Gasteiger partial charge is 0.252 e. The van der Waals surface area contributed by atoms with E-state index >= 15 is 0 Å². The lowest BCUT2D eigenvalue weighted by Crippen LogP contribution is -2.40. The number of rotatable bonds is 1. The standard InChI is InChI=1S/C7H7ClN4O/c8-5-1-3-6(4-2-5)12-10-7(13)9-11-12/h1-4,11H,(H2,9,10,13). The molecule has 1 aliphatic heterocycles. The monoisotopic (exact) mass is 198 g/mol. The summed E-state index contributed by atoms with van der Waals surface area (Å²) in [6.45, 7) is 0. The van der Waals surface area contributed by atoms with E-state index in [9.17, 15) is 4.79 Å². The van der Waals surface area contributed by atoms with Gasteiger partial charge < -0.3 is 0 Å². The van der Waals surface area contributed by atoms with Gasteiger partial charge in [-0.15, -0.1) is 5.53 Å². The first-order chi connectivity index (χ1) is 6.25. The minimum Gasteiger partial charge on any atom is -0.252 e. The number of urea groups is 1. The summed E-state index contributed by atoms with van der Waals surface area (Å²) in [4.78, 5) is 10.7. The number of nitrogens with one attached hydrogen (secondary N) is 3. The van der Waals surface area contributed by atoms with Crippen LogP contribution in [0, 0.1) is 0 Å². The van der Waals surface area contributed by atoms with Gasteiger partial charge in [0.15, 0.2) is 0 Å². The SMILES string of the molecule is O=C1NNN(c2ccc(Cl)cc2)N1. The van der Waals surface area contributed by atoms with Gasteiger partial charge in [0.1, 0.15) is 0 Å². The lowest BCUT2D eigenvalue weighted by atomic mass is 10.3. The highest BCUT2D eigenvalue weighted by Gasteiger charge is 2.16. The zero-order valence-corrected chi connectivity index (χ0v) is 7.30. The van der Waals surface area contributed by atoms with Crippen LogP contribution in [0.25, 0.3) is 0 Å². The second-order valence-electron chi connectivity index (χ2n) is 2.49. The van der Waals surface area contributed by atoms with E-state index in [1.165, 1.54) is 5.12 Å². The maximum atomic E-state index is 10.7. The number of amides is 2. The fourth-order valence-electron chi connectivity index (χ4n) is 0.983. The molecule has 0 radical (unpaired) electrons. The number of halogens is 1. The van der Waals surface area contributed by atoms with E-state index in [0.717, 1.165) is 5.69 Å². The molecule has 13 heavy (non-hydrogen) atoms. The van der Waals surface area contributed by atoms with Crippen LogP contribution in [0.3, 0.4) is 0 Å². The Morgan fingerprint density at radius 3 is 2.46 bits per heavy atom. The fourth-order valence-corrected chi connectivity index (χ4v) is 1.11. The van der Waals surface area contributed by atoms with Crippen molar-refractivity contribution in [1.82, 2.24) is 16.4 Å². The number of hydrazine groups is 3. The highest BCUT2D eigenvalue weighted by molar-refractivity contribution is 6.30. The molecule has 1 fully saturated rings. The molecule has 0 unspecified atom stereocenters. The topological polar surface area (TPSA) is 56.4 Å². The van der Waals surface area contributed by atoms with E-state index in [0.29, 0.717) is 5.02 Å². The molecular weight excluding hydrogens is 192 g/mol. The predicted octanol–water partition coefficient (Wildman–Crippen LogP) is 0.794. The summed E-state index contributed by atoms with van der Waals surface area (Å²) in [5.74, 6) is 0. The van der Waals surface area contributed by atoms with Crippen LogP contribution in [0.5, 0.6) is 0 Å². The molecular formula is C7H7ClN4O. The quantitative estimate of drug-likeness (QED) is 0.626. The first kappa shape index (κ1) is 8.15. The number of hydrogen-bond acceptors (Lipinski definition) is 3. The van der Waals surface area contributed by atoms with Gasteiger partial charge >= 0.3 is 6.03 Å². The van der Waals surface area contributed by atoms with Crippen molar-refractivity contribution in [2.24, 2.45) is 0 Å². The van der Waals surface area contributed by atoms with E-state index in [-0.39, 0.29) is 6.03 Å². The molecule has 1 saturated heterocycles. The molecule has 0 spiro atoms. The molecule has 5 nitrogen and oxygen atoms in total. The maximum Gasteiger partial charge on any atom is 0.350 e. The van der Waals surface area contributed by atoms with Gasteiger partial charge in [0.05, 0.1) is 5.69 Å². The van der Waals surface area contributed by atoms with Gasteiger partial charge in [-0.3, -0.25) is 5.43 Å². The van der Waals surface area contributed by atoms with Crippen molar-refractivity contribution in [3.8, 4) is 0 Å². The van der Waals surface area contributed by atoms with Crippen LogP contribution in [0.2, 0.25) is 5.02 Å². The molecule has 2 rings (SSSR count). The molecule has 2 amide bonds. The molecule has 1 aromatic rings. The Kier molecular flexibility index (Phi) is 1.96. The van der Waals surface area contributed by atoms with Crippen molar-refractivity contribution < 1.29 is 4.79 Å². The first-order valence-corrected chi connectivity index (χ1v) is 4.01. The summed E-state index contributed by atoms with van der Waals surface area (Å²) in [5, 5.41) is 2.11. The van der Waals surface area contributed by atoms with Gasteiger partial charge in [-0.2, -0.15) is 5.12 Å². The summed E-state index contributed by atoms with van der Waals surface area (Å²) in [6.07, 6.45) is 0. The van der Waals surface area contributed by atoms with Crippen LogP contribution >= 0.6 is 11.6 Å². The Hall–Kier alpha value is -1.46. The second kappa shape index (κ2) is 3.12. The second-order valence-corrected chi connectivity index (χ2v) is 2.93. The van der Waals surface area contributed by atoms with Crippen LogP contribution < -0.4 is 21.5 Å². The highest BCUT2D eigenvalue weighted by Crippen LogP contribution is 2.15. The minimum absolute atomic E-state index is 0.296. The van der Waals surface area contributed by atoms with Gasteiger partial charge in [0.25, 0.3) is 0 Å². The number of carbonyl (C=O) groups excluding carboxylic acids is 1. The van der Waals surface area contributed by atoms with Gasteiger partial charge in [-0.05, 0) is 24.3 Å². The third kappa shape index (κ3) is 1.66. The number of anilines is 1. The van der Waals surface area contributed by atoms with Crippen molar-refractivity contribution >= 4 is 23.3 Å². The molecule has 68 valence electrons. The van der Waals surface area contributed by atoms with Crippen LogP contribution in [0.1, 0.15) is 0 Å². The molecule has 0 saturated carbocycles. The van der Waals surface area contributed by atoms with Crippen molar-refractivity contribution in [3.05, 3.63) is 29.3 Å². The Labute approximate surface area is 79.6 Å². The van der Waals surface area contributed by atoms with Crippen LogP contribution in [0.15, 0.2) is 24.3 Å². The van der Waals surface area contributed by atoms with Crippen molar-refractivity contribution in [3.63, 3.8) is 0 Å². The van der Waals surface area contributed by atoms with E-state index < -0.39 is 0 Å². The summed E-state index contributed by atoms with van der Waals surface area (Å²) < 4.78 is 0. The zero-order valence-electron chi connectivity index (χ0n) is 6.54. The van der Waals surface area contributed by atoms with Crippen LogP contribution in [0.4, 0.5) is 10.5 Å². The Balaban J connectivity index is 2.17. The number of hydrogen-bond donors (Lipinski definition) is 3. The van der Waals surface area contributed by atoms with E-state index in [4.69, 9.17) is 11.6 Å². The third-order valence-electron chi connectivity index (χ3n) is 1.58. The molecule has 6 heteroatoms. The van der Waals surface area contributed by atoms with Gasteiger partial charge in [-0.25, -0.2) is 10.2 Å². The highest BCUT2D eigenvalue weighted by atomic mass is 35.5. The summed E-state index contributed by atoms with van der Waals surface area (Å²) >= 11 is 5.71. The summed E-state index contributed by atoms with van der Waals surface area (Å²) in [7, 11) is 0. The Bertz CT molecular complexity index is 326. The van der Waals surface area contributed by atoms with Gasteiger partial charge in [0, 0.05) is 5.02 Å². The first-order valence-electron chi connectivity index (χ1n) is 3.64. The molecule has 0 aromatic heterocycles. The maximum absolute atomic E-state index is 10.7. The molecule has 3 N–H and O–H groups in total. The van der Waals surface area contributed by atoms with Crippen LogP contribution in [-0.2, 0) is 0 Å². The van der Waals surface area contributed by atoms with E-state index in [1.807, 2.05) is 0 Å². The molecule has 1 aromatic carbocycles. The Morgan fingerprint density at radius 1 is 1.23 bits per heavy atom. The molecule has 1 heterocycles. The molecule has 0 atom stereocenters. The van der Waals surface area contributed by atoms with E-state index in [1.54, 1.807) is 24.3 Å². The predicted molar refractivity (Wildman–Crippen MR) is 48.7 cm³/mol. The molecule has 1 aliphatic rings. The lowest BCUT2D eigenvalue weighted by Gasteiger charge is -2.14. The average molecular weight is 199 g/mol. The van der Waals surface area contributed by atoms with Gasteiger partial charge in [-0.1, -0.05) is 11.6 Å². The summed E-state index contributed by atoms with van der Waals surface area (Å²) in [6, 6.07) is 6.74. The molecule has 0 aliphatic carbocycles.